The first kappa shape index (κ1) is 13.0. The number of esters is 1. The number of ether oxygens (including phenoxy) is 2. The van der Waals surface area contributed by atoms with E-state index < -0.39 is 5.97 Å². The van der Waals surface area contributed by atoms with Gasteiger partial charge in [-0.15, -0.1) is 0 Å². The molecule has 0 atom stereocenters. The van der Waals surface area contributed by atoms with E-state index in [9.17, 15) is 9.59 Å². The van der Waals surface area contributed by atoms with Crippen molar-refractivity contribution in [2.75, 3.05) is 14.2 Å². The van der Waals surface area contributed by atoms with Gasteiger partial charge in [-0.1, -0.05) is 0 Å². The maximum Gasteiger partial charge on any atom is 0.316 e. The fourth-order valence-corrected chi connectivity index (χ4v) is 1.74. The molecular weight excluding hydrogens is 250 g/mol. The molecule has 0 aliphatic carbocycles. The Bertz CT molecular complexity index is 648. The number of aromatic nitrogens is 3. The Morgan fingerprint density at radius 3 is 2.74 bits per heavy atom. The molecule has 0 unspecified atom stereocenters. The molecule has 0 aliphatic rings. The molecule has 0 amide bonds. The second-order valence-corrected chi connectivity index (χ2v) is 3.92. The zero-order valence-electron chi connectivity index (χ0n) is 10.8. The van der Waals surface area contributed by atoms with Crippen LogP contribution in [-0.2, 0) is 16.6 Å². The van der Waals surface area contributed by atoms with Crippen LogP contribution in [-0.4, -0.2) is 40.5 Å². The van der Waals surface area contributed by atoms with E-state index >= 15 is 0 Å². The topological polar surface area (TPSA) is 83.3 Å². The standard InChI is InChI=1S/C12H13N3O4/c1-15-6-7(9(16)4-10(17)18-2)11-8(15)5-13-12(14-11)19-3/h5-6H,4H2,1-3H3. The van der Waals surface area contributed by atoms with Crippen LogP contribution in [0.2, 0.25) is 0 Å². The van der Waals surface area contributed by atoms with Crippen LogP contribution >= 0.6 is 0 Å². The van der Waals surface area contributed by atoms with Crippen molar-refractivity contribution in [3.63, 3.8) is 0 Å². The van der Waals surface area contributed by atoms with Gasteiger partial charge < -0.3 is 14.0 Å². The fraction of sp³-hybridized carbons (Fsp3) is 0.333. The zero-order valence-corrected chi connectivity index (χ0v) is 10.8. The number of ketones is 1. The Hall–Kier alpha value is -2.44. The zero-order chi connectivity index (χ0) is 14.0. The van der Waals surface area contributed by atoms with Gasteiger partial charge in [0.25, 0.3) is 0 Å². The molecule has 0 bridgehead atoms. The van der Waals surface area contributed by atoms with Gasteiger partial charge in [0.2, 0.25) is 0 Å². The third kappa shape index (κ3) is 2.40. The molecule has 2 aromatic rings. The third-order valence-corrected chi connectivity index (χ3v) is 2.72. The first-order chi connectivity index (χ1) is 9.06. The summed E-state index contributed by atoms with van der Waals surface area (Å²) in [6.45, 7) is 0. The second kappa shape index (κ2) is 5.05. The van der Waals surface area contributed by atoms with Crippen LogP contribution in [0.15, 0.2) is 12.4 Å². The van der Waals surface area contributed by atoms with Crippen molar-refractivity contribution < 1.29 is 19.1 Å². The molecule has 19 heavy (non-hydrogen) atoms. The van der Waals surface area contributed by atoms with Crippen molar-refractivity contribution in [2.45, 2.75) is 6.42 Å². The van der Waals surface area contributed by atoms with Gasteiger partial charge in [-0.2, -0.15) is 4.98 Å². The molecule has 0 fully saturated rings. The highest BCUT2D eigenvalue weighted by Gasteiger charge is 2.19. The summed E-state index contributed by atoms with van der Waals surface area (Å²) in [5.41, 5.74) is 1.50. The molecular formula is C12H13N3O4. The predicted molar refractivity (Wildman–Crippen MR) is 66.0 cm³/mol. The molecule has 100 valence electrons. The van der Waals surface area contributed by atoms with Crippen molar-refractivity contribution in [1.29, 1.82) is 0 Å². The first-order valence-corrected chi connectivity index (χ1v) is 5.53. The molecule has 0 N–H and O–H groups in total. The molecule has 2 rings (SSSR count). The molecule has 2 heterocycles. The number of Topliss-reactive ketones (excluding diaryl/α,β-unsaturated/α-hetero) is 1. The van der Waals surface area contributed by atoms with Gasteiger partial charge in [0.1, 0.15) is 11.9 Å². The Morgan fingerprint density at radius 1 is 1.37 bits per heavy atom. The molecule has 0 radical (unpaired) electrons. The fourth-order valence-electron chi connectivity index (χ4n) is 1.74. The average Bonchev–Trinajstić information content (AvgIpc) is 2.75. The summed E-state index contributed by atoms with van der Waals surface area (Å²) in [5.74, 6) is -0.929. The van der Waals surface area contributed by atoms with E-state index in [2.05, 4.69) is 14.7 Å². The molecule has 0 saturated carbocycles. The first-order valence-electron chi connectivity index (χ1n) is 5.53. The summed E-state index contributed by atoms with van der Waals surface area (Å²) in [7, 11) is 4.46. The number of carbonyl (C=O) groups is 2. The quantitative estimate of drug-likeness (QED) is 0.459. The van der Waals surface area contributed by atoms with E-state index in [-0.39, 0.29) is 18.2 Å². The van der Waals surface area contributed by atoms with E-state index in [0.29, 0.717) is 16.6 Å². The minimum atomic E-state index is -0.581. The second-order valence-electron chi connectivity index (χ2n) is 3.92. The van der Waals surface area contributed by atoms with Gasteiger partial charge in [0, 0.05) is 13.2 Å². The van der Waals surface area contributed by atoms with Gasteiger partial charge in [-0.25, -0.2) is 4.98 Å². The highest BCUT2D eigenvalue weighted by molar-refractivity contribution is 6.12. The largest absolute Gasteiger partial charge is 0.469 e. The molecule has 0 aliphatic heterocycles. The SMILES string of the molecule is COC(=O)CC(=O)c1cn(C)c2cnc(OC)nc12. The lowest BCUT2D eigenvalue weighted by atomic mass is 10.1. The van der Waals surface area contributed by atoms with Crippen molar-refractivity contribution in [1.82, 2.24) is 14.5 Å². The van der Waals surface area contributed by atoms with Gasteiger partial charge in [-0.3, -0.25) is 9.59 Å². The van der Waals surface area contributed by atoms with E-state index in [1.54, 1.807) is 24.0 Å². The number of nitrogens with zero attached hydrogens (tertiary/aromatic N) is 3. The van der Waals surface area contributed by atoms with E-state index in [1.165, 1.54) is 14.2 Å². The summed E-state index contributed by atoms with van der Waals surface area (Å²) < 4.78 is 11.1. The van der Waals surface area contributed by atoms with Crippen LogP contribution in [0.5, 0.6) is 6.01 Å². The van der Waals surface area contributed by atoms with Crippen LogP contribution in [0.25, 0.3) is 11.0 Å². The van der Waals surface area contributed by atoms with Gasteiger partial charge in [0.05, 0.1) is 31.5 Å². The minimum absolute atomic E-state index is 0.172. The average molecular weight is 263 g/mol. The van der Waals surface area contributed by atoms with E-state index in [0.717, 1.165) is 0 Å². The molecule has 0 spiro atoms. The van der Waals surface area contributed by atoms with Crippen molar-refractivity contribution in [3.8, 4) is 6.01 Å². The predicted octanol–water partition coefficient (Wildman–Crippen LogP) is 0.723. The van der Waals surface area contributed by atoms with Crippen LogP contribution in [0.1, 0.15) is 16.8 Å². The Kier molecular flexibility index (Phi) is 3.46. The normalized spacial score (nSPS) is 10.5. The lowest BCUT2D eigenvalue weighted by Gasteiger charge is -2.00. The number of hydrogen-bond acceptors (Lipinski definition) is 6. The number of aryl methyl sites for hydroxylation is 1. The monoisotopic (exact) mass is 263 g/mol. The molecule has 0 aromatic carbocycles. The van der Waals surface area contributed by atoms with Crippen molar-refractivity contribution in [2.24, 2.45) is 7.05 Å². The molecule has 2 aromatic heterocycles. The lowest BCUT2D eigenvalue weighted by molar-refractivity contribution is -0.139. The lowest BCUT2D eigenvalue weighted by Crippen LogP contribution is -2.09. The van der Waals surface area contributed by atoms with Gasteiger partial charge >= 0.3 is 12.0 Å². The van der Waals surface area contributed by atoms with Gasteiger partial charge in [-0.05, 0) is 0 Å². The number of carbonyl (C=O) groups excluding carboxylic acids is 2. The molecule has 7 nitrogen and oxygen atoms in total. The summed E-state index contributed by atoms with van der Waals surface area (Å²) in [4.78, 5) is 31.3. The van der Waals surface area contributed by atoms with Gasteiger partial charge in [0.15, 0.2) is 5.78 Å². The highest BCUT2D eigenvalue weighted by Crippen LogP contribution is 2.21. The van der Waals surface area contributed by atoms with Crippen LogP contribution < -0.4 is 4.74 Å². The third-order valence-electron chi connectivity index (χ3n) is 2.72. The molecule has 0 saturated heterocycles. The number of hydrogen-bond donors (Lipinski definition) is 0. The van der Waals surface area contributed by atoms with Crippen LogP contribution in [0.4, 0.5) is 0 Å². The van der Waals surface area contributed by atoms with Crippen LogP contribution in [0.3, 0.4) is 0 Å². The van der Waals surface area contributed by atoms with E-state index in [4.69, 9.17) is 4.74 Å². The van der Waals surface area contributed by atoms with Crippen molar-refractivity contribution in [3.05, 3.63) is 18.0 Å². The Morgan fingerprint density at radius 2 is 2.11 bits per heavy atom. The number of methoxy groups -OCH3 is 2. The number of rotatable bonds is 4. The maximum absolute atomic E-state index is 12.0. The molecule has 7 heteroatoms. The van der Waals surface area contributed by atoms with Crippen molar-refractivity contribution >= 4 is 22.8 Å². The van der Waals surface area contributed by atoms with E-state index in [1.807, 2.05) is 0 Å². The Labute approximate surface area is 109 Å². The summed E-state index contributed by atoms with van der Waals surface area (Å²) in [6, 6.07) is 0.172. The highest BCUT2D eigenvalue weighted by atomic mass is 16.5. The summed E-state index contributed by atoms with van der Waals surface area (Å²) >= 11 is 0. The Balaban J connectivity index is 2.47. The van der Waals surface area contributed by atoms with Crippen LogP contribution in [0, 0.1) is 0 Å². The smallest absolute Gasteiger partial charge is 0.316 e. The summed E-state index contributed by atoms with van der Waals surface area (Å²) in [6.07, 6.45) is 2.86. The minimum Gasteiger partial charge on any atom is -0.469 e. The summed E-state index contributed by atoms with van der Waals surface area (Å²) in [5, 5.41) is 0. The maximum atomic E-state index is 12.0. The number of fused-ring (bicyclic) bond motifs is 1.